The van der Waals surface area contributed by atoms with E-state index in [0.29, 0.717) is 0 Å². The summed E-state index contributed by atoms with van der Waals surface area (Å²) in [6, 6.07) is 0. The number of aliphatic hydroxyl groups is 1. The van der Waals surface area contributed by atoms with Crippen molar-refractivity contribution in [2.45, 2.75) is 15.6 Å². The minimum Gasteiger partial charge on any atom is -0.376 e. The van der Waals surface area contributed by atoms with Gasteiger partial charge in [0.1, 0.15) is 0 Å². The third kappa shape index (κ3) is 2.65. The van der Waals surface area contributed by atoms with Crippen LogP contribution in [0.4, 0.5) is 0 Å². The zero-order valence-electron chi connectivity index (χ0n) is 4.03. The van der Waals surface area contributed by atoms with Gasteiger partial charge in [-0.15, -0.1) is 12.6 Å². The van der Waals surface area contributed by atoms with Gasteiger partial charge in [-0.25, -0.2) is 0 Å². The molecule has 0 amide bonds. The predicted octanol–water partition coefficient (Wildman–Crippen LogP) is 1.99. The van der Waals surface area contributed by atoms with E-state index in [1.807, 2.05) is 0 Å². The van der Waals surface area contributed by atoms with E-state index >= 15 is 0 Å². The van der Waals surface area contributed by atoms with Crippen molar-refractivity contribution in [2.75, 3.05) is 0 Å². The molecule has 0 bridgehead atoms. The predicted molar refractivity (Wildman–Crippen MR) is 39.9 cm³/mol. The molecule has 0 rings (SSSR count). The van der Waals surface area contributed by atoms with Crippen molar-refractivity contribution in [3.63, 3.8) is 0 Å². The molecule has 0 radical (unpaired) electrons. The van der Waals surface area contributed by atoms with Gasteiger partial charge in [0, 0.05) is 0 Å². The lowest BCUT2D eigenvalue weighted by Crippen LogP contribution is -2.32. The molecule has 0 saturated heterocycles. The highest BCUT2D eigenvalue weighted by Gasteiger charge is 2.39. The molecule has 0 heterocycles. The second-order valence-electron chi connectivity index (χ2n) is 1.52. The van der Waals surface area contributed by atoms with Crippen LogP contribution in [0.1, 0.15) is 6.92 Å². The van der Waals surface area contributed by atoms with Gasteiger partial charge in [0.05, 0.1) is 0 Å². The van der Waals surface area contributed by atoms with Crippen LogP contribution in [-0.4, -0.2) is 13.8 Å². The highest BCUT2D eigenvalue weighted by molar-refractivity contribution is 7.82. The Kier molecular flexibility index (Phi) is 2.79. The first-order valence-electron chi connectivity index (χ1n) is 1.76. The Morgan fingerprint density at radius 3 is 1.50 bits per heavy atom. The van der Waals surface area contributed by atoms with E-state index < -0.39 is 8.73 Å². The van der Waals surface area contributed by atoms with Gasteiger partial charge in [-0.05, 0) is 6.92 Å². The van der Waals surface area contributed by atoms with Gasteiger partial charge in [0.15, 0.2) is 4.93 Å². The number of rotatable bonds is 0. The van der Waals surface area contributed by atoms with Gasteiger partial charge in [-0.1, -0.05) is 34.8 Å². The monoisotopic (exact) mass is 194 g/mol. The molecular weight excluding hydrogens is 190 g/mol. The van der Waals surface area contributed by atoms with Crippen molar-refractivity contribution in [3.8, 4) is 0 Å². The molecule has 1 N–H and O–H groups in total. The van der Waals surface area contributed by atoms with Crippen LogP contribution in [0.15, 0.2) is 0 Å². The van der Waals surface area contributed by atoms with Crippen LogP contribution >= 0.6 is 47.4 Å². The summed E-state index contributed by atoms with van der Waals surface area (Å²) in [5, 5.41) is 8.82. The topological polar surface area (TPSA) is 20.2 Å². The van der Waals surface area contributed by atoms with Crippen molar-refractivity contribution in [3.05, 3.63) is 0 Å². The summed E-state index contributed by atoms with van der Waals surface area (Å²) < 4.78 is -1.73. The maximum atomic E-state index is 8.82. The molecular formula is C3H5Cl3OS. The van der Waals surface area contributed by atoms with Crippen LogP contribution in [0.2, 0.25) is 0 Å². The molecule has 0 aromatic rings. The summed E-state index contributed by atoms with van der Waals surface area (Å²) in [6.45, 7) is 1.29. The average molecular weight is 195 g/mol. The fourth-order valence-electron chi connectivity index (χ4n) is 0. The maximum absolute atomic E-state index is 8.82. The summed E-state index contributed by atoms with van der Waals surface area (Å²) in [5.41, 5.74) is 0. The minimum absolute atomic E-state index is 1.29. The molecule has 0 aromatic carbocycles. The Morgan fingerprint density at radius 1 is 1.38 bits per heavy atom. The van der Waals surface area contributed by atoms with E-state index in [1.54, 1.807) is 0 Å². The van der Waals surface area contributed by atoms with Crippen molar-refractivity contribution in [1.29, 1.82) is 0 Å². The summed E-state index contributed by atoms with van der Waals surface area (Å²) in [4.78, 5) is -1.57. The molecule has 1 unspecified atom stereocenters. The fraction of sp³-hybridized carbons (Fsp3) is 1.00. The lowest BCUT2D eigenvalue weighted by Gasteiger charge is -2.24. The Labute approximate surface area is 68.3 Å². The normalized spacial score (nSPS) is 20.2. The summed E-state index contributed by atoms with van der Waals surface area (Å²) in [5.74, 6) is 0. The number of alkyl halides is 3. The van der Waals surface area contributed by atoms with Crippen LogP contribution in [0, 0.1) is 0 Å². The molecule has 0 aliphatic carbocycles. The fourth-order valence-corrected chi connectivity index (χ4v) is 0. The number of thiol groups is 1. The van der Waals surface area contributed by atoms with Gasteiger partial charge >= 0.3 is 0 Å². The van der Waals surface area contributed by atoms with Crippen LogP contribution in [-0.2, 0) is 0 Å². The van der Waals surface area contributed by atoms with E-state index in [-0.39, 0.29) is 0 Å². The van der Waals surface area contributed by atoms with Crippen LogP contribution in [0.3, 0.4) is 0 Å². The van der Waals surface area contributed by atoms with Gasteiger partial charge < -0.3 is 5.11 Å². The van der Waals surface area contributed by atoms with E-state index in [2.05, 4.69) is 12.6 Å². The summed E-state index contributed by atoms with van der Waals surface area (Å²) in [7, 11) is 0. The average Bonchev–Trinajstić information content (AvgIpc) is 1.25. The molecule has 0 aliphatic rings. The highest BCUT2D eigenvalue weighted by Crippen LogP contribution is 2.39. The van der Waals surface area contributed by atoms with Crippen LogP contribution in [0.5, 0.6) is 0 Å². The molecule has 0 fully saturated rings. The molecule has 0 aliphatic heterocycles. The molecule has 50 valence electrons. The number of hydrogen-bond donors (Lipinski definition) is 2. The van der Waals surface area contributed by atoms with Gasteiger partial charge in [-0.3, -0.25) is 0 Å². The zero-order valence-corrected chi connectivity index (χ0v) is 7.19. The largest absolute Gasteiger partial charge is 0.376 e. The second-order valence-corrected chi connectivity index (χ2v) is 4.67. The molecule has 0 spiro atoms. The van der Waals surface area contributed by atoms with Crippen molar-refractivity contribution >= 4 is 47.4 Å². The van der Waals surface area contributed by atoms with Crippen LogP contribution < -0.4 is 0 Å². The number of halogens is 3. The Morgan fingerprint density at radius 2 is 1.50 bits per heavy atom. The first-order valence-corrected chi connectivity index (χ1v) is 3.35. The second kappa shape index (κ2) is 2.43. The van der Waals surface area contributed by atoms with Gasteiger partial charge in [0.2, 0.25) is 3.79 Å². The molecule has 5 heteroatoms. The first kappa shape index (κ1) is 9.18. The maximum Gasteiger partial charge on any atom is 0.227 e. The lowest BCUT2D eigenvalue weighted by molar-refractivity contribution is 0.165. The summed E-state index contributed by atoms with van der Waals surface area (Å²) >= 11 is 19.2. The van der Waals surface area contributed by atoms with Crippen molar-refractivity contribution < 1.29 is 5.11 Å². The Balaban J connectivity index is 4.02. The third-order valence-electron chi connectivity index (χ3n) is 0.537. The smallest absolute Gasteiger partial charge is 0.227 e. The van der Waals surface area contributed by atoms with E-state index in [0.717, 1.165) is 0 Å². The Bertz CT molecular complexity index is 69.5. The third-order valence-corrected chi connectivity index (χ3v) is 2.37. The molecule has 1 nitrogen and oxygen atoms in total. The van der Waals surface area contributed by atoms with Crippen molar-refractivity contribution in [2.24, 2.45) is 0 Å². The van der Waals surface area contributed by atoms with Crippen molar-refractivity contribution in [1.82, 2.24) is 0 Å². The van der Waals surface area contributed by atoms with Crippen LogP contribution in [0.25, 0.3) is 0 Å². The van der Waals surface area contributed by atoms with E-state index in [1.165, 1.54) is 6.92 Å². The SMILES string of the molecule is CC(O)(S)C(Cl)(Cl)Cl. The Hall–Kier alpha value is 1.18. The quantitative estimate of drug-likeness (QED) is 0.344. The lowest BCUT2D eigenvalue weighted by atomic mass is 10.5. The molecule has 0 aromatic heterocycles. The molecule has 0 saturated carbocycles. The standard InChI is InChI=1S/C3H5Cl3OS/c1-2(7,8)3(4,5)6/h7-8H,1H3. The number of hydrogen-bond acceptors (Lipinski definition) is 2. The molecule has 8 heavy (non-hydrogen) atoms. The van der Waals surface area contributed by atoms with E-state index in [9.17, 15) is 0 Å². The molecule has 1 atom stereocenters. The summed E-state index contributed by atoms with van der Waals surface area (Å²) in [6.07, 6.45) is 0. The van der Waals surface area contributed by atoms with Gasteiger partial charge in [-0.2, -0.15) is 0 Å². The zero-order chi connectivity index (χ0) is 7.00. The van der Waals surface area contributed by atoms with Gasteiger partial charge in [0.25, 0.3) is 0 Å². The first-order chi connectivity index (χ1) is 3.25. The highest BCUT2D eigenvalue weighted by atomic mass is 35.6. The van der Waals surface area contributed by atoms with E-state index in [4.69, 9.17) is 39.9 Å². The minimum atomic E-state index is -1.73.